The minimum Gasteiger partial charge on any atom is -0.466 e. The number of aliphatic hydroxyl groups excluding tert-OH is 1. The van der Waals surface area contributed by atoms with Crippen molar-refractivity contribution in [3.05, 3.63) is 24.3 Å². The number of phosphoric acid groups is 1. The average Bonchev–Trinajstić information content (AvgIpc) is 2.82. The summed E-state index contributed by atoms with van der Waals surface area (Å²) in [5.74, 6) is -1.81. The van der Waals surface area contributed by atoms with Gasteiger partial charge in [0, 0.05) is 12.0 Å². The molecule has 4 N–H and O–H groups in total. The smallest absolute Gasteiger partial charge is 0.466 e. The summed E-state index contributed by atoms with van der Waals surface area (Å²) in [5, 5.41) is 15.6. The van der Waals surface area contributed by atoms with Crippen molar-refractivity contribution >= 4 is 31.4 Å². The first-order valence-electron chi connectivity index (χ1n) is 11.3. The van der Waals surface area contributed by atoms with E-state index in [0.29, 0.717) is 0 Å². The van der Waals surface area contributed by atoms with Crippen molar-refractivity contribution in [2.75, 3.05) is 31.7 Å². The molecule has 1 unspecified atom stereocenters. The second-order valence-corrected chi connectivity index (χ2v) is 9.60. The molecule has 0 saturated carbocycles. The van der Waals surface area contributed by atoms with Gasteiger partial charge in [-0.3, -0.25) is 14.1 Å². The first-order valence-corrected chi connectivity index (χ1v) is 12.8. The Morgan fingerprint density at radius 1 is 1.11 bits per heavy atom. The second-order valence-electron chi connectivity index (χ2n) is 8.25. The van der Waals surface area contributed by atoms with E-state index in [0.717, 1.165) is 0 Å². The molecule has 0 fully saturated rings. The Morgan fingerprint density at radius 2 is 1.75 bits per heavy atom. The maximum Gasteiger partial charge on any atom is 0.508 e. The van der Waals surface area contributed by atoms with Crippen molar-refractivity contribution in [1.82, 2.24) is 5.32 Å². The molecule has 1 rings (SSSR count). The summed E-state index contributed by atoms with van der Waals surface area (Å²) < 4.78 is 31.5. The van der Waals surface area contributed by atoms with Gasteiger partial charge in [-0.15, -0.1) is 0 Å². The van der Waals surface area contributed by atoms with Crippen molar-refractivity contribution in [3.63, 3.8) is 0 Å². The summed E-state index contributed by atoms with van der Waals surface area (Å²) in [5.41, 5.74) is -1.03. The molecular formula is C22H35N2O11P. The molecule has 0 saturated heterocycles. The number of hydrogen-bond donors (Lipinski definition) is 4. The van der Waals surface area contributed by atoms with E-state index in [1.807, 2.05) is 0 Å². The number of nitrogens with one attached hydrogen (secondary N) is 2. The molecule has 0 aromatic heterocycles. The number of benzene rings is 1. The third-order valence-electron chi connectivity index (χ3n) is 4.64. The van der Waals surface area contributed by atoms with Gasteiger partial charge in [0.25, 0.3) is 0 Å². The highest BCUT2D eigenvalue weighted by Crippen LogP contribution is 2.46. The summed E-state index contributed by atoms with van der Waals surface area (Å²) in [6, 6.07) is 5.45. The van der Waals surface area contributed by atoms with Crippen LogP contribution in [0.25, 0.3) is 0 Å². The number of rotatable bonds is 16. The monoisotopic (exact) mass is 534 g/mol. The molecule has 36 heavy (non-hydrogen) atoms. The van der Waals surface area contributed by atoms with Crippen LogP contribution < -0.4 is 15.5 Å². The zero-order valence-electron chi connectivity index (χ0n) is 21.0. The van der Waals surface area contributed by atoms with Crippen LogP contribution in [-0.2, 0) is 37.6 Å². The van der Waals surface area contributed by atoms with Crippen LogP contribution in [0.15, 0.2) is 24.3 Å². The lowest BCUT2D eigenvalue weighted by molar-refractivity contribution is -0.144. The zero-order chi connectivity index (χ0) is 27.4. The zero-order valence-corrected chi connectivity index (χ0v) is 21.9. The number of phosphoric ester groups is 1. The lowest BCUT2D eigenvalue weighted by Crippen LogP contribution is -2.46. The summed E-state index contributed by atoms with van der Waals surface area (Å²) >= 11 is 0. The molecule has 0 aliphatic carbocycles. The van der Waals surface area contributed by atoms with Gasteiger partial charge in [0.1, 0.15) is 12.1 Å². The van der Waals surface area contributed by atoms with Crippen LogP contribution in [0, 0.1) is 5.41 Å². The number of esters is 2. The number of para-hydroxylation sites is 2. The Morgan fingerprint density at radius 3 is 2.39 bits per heavy atom. The molecule has 14 heteroatoms. The van der Waals surface area contributed by atoms with Gasteiger partial charge < -0.3 is 35.0 Å². The van der Waals surface area contributed by atoms with Crippen LogP contribution in [-0.4, -0.2) is 66.4 Å². The van der Waals surface area contributed by atoms with E-state index >= 15 is 0 Å². The number of ether oxygens (including phenoxy) is 2. The number of carbonyl (C=O) groups is 3. The summed E-state index contributed by atoms with van der Waals surface area (Å²) in [4.78, 5) is 50.3. The highest BCUT2D eigenvalue weighted by Gasteiger charge is 2.37. The fourth-order valence-electron chi connectivity index (χ4n) is 2.63. The lowest BCUT2D eigenvalue weighted by atomic mass is 9.87. The van der Waals surface area contributed by atoms with Crippen molar-refractivity contribution < 1.29 is 52.5 Å². The van der Waals surface area contributed by atoms with E-state index in [1.165, 1.54) is 19.9 Å². The van der Waals surface area contributed by atoms with Gasteiger partial charge in [-0.1, -0.05) is 30.7 Å². The number of amides is 1. The molecule has 1 aromatic carbocycles. The van der Waals surface area contributed by atoms with Gasteiger partial charge in [-0.25, -0.2) is 9.36 Å². The first kappa shape index (κ1) is 31.3. The van der Waals surface area contributed by atoms with E-state index < -0.39 is 49.8 Å². The highest BCUT2D eigenvalue weighted by atomic mass is 31.2. The minimum atomic E-state index is -4.80. The van der Waals surface area contributed by atoms with Gasteiger partial charge in [0.2, 0.25) is 5.91 Å². The Balaban J connectivity index is 2.64. The van der Waals surface area contributed by atoms with Crippen molar-refractivity contribution in [2.24, 2.45) is 5.41 Å². The number of carbonyl (C=O) groups excluding carboxylic acids is 3. The standard InChI is InChI=1S/C22H35N2O11P/c1-6-31-18(25)12-13-23-20(27)19(26)22(4,5)14-33-36(29,30)35-34-17-11-9-8-10-16(17)24-15(3)21(28)32-7-2/h8-11,15,19,24,26H,6-7,12-14H2,1-5H3,(H,23,27)(H,29,30)/t15-,19-/m0/s1. The SMILES string of the molecule is CCOC(=O)CCNC(=O)[C@H](O)C(C)(C)COP(=O)(O)OOc1ccccc1N[C@@H](C)C(=O)OCC. The molecule has 0 aliphatic rings. The molecule has 1 aromatic rings. The quantitative estimate of drug-likeness (QED) is 0.105. The second kappa shape index (κ2) is 14.8. The molecule has 0 aliphatic heterocycles. The topological polar surface area (TPSA) is 179 Å². The Bertz CT molecular complexity index is 925. The first-order chi connectivity index (χ1) is 16.8. The van der Waals surface area contributed by atoms with Crippen molar-refractivity contribution in [1.29, 1.82) is 0 Å². The predicted molar refractivity (Wildman–Crippen MR) is 128 cm³/mol. The fourth-order valence-corrected chi connectivity index (χ4v) is 3.34. The highest BCUT2D eigenvalue weighted by molar-refractivity contribution is 7.47. The average molecular weight is 534 g/mol. The number of anilines is 1. The van der Waals surface area contributed by atoms with Crippen molar-refractivity contribution in [3.8, 4) is 5.75 Å². The van der Waals surface area contributed by atoms with Crippen LogP contribution in [0.4, 0.5) is 5.69 Å². The molecule has 204 valence electrons. The summed E-state index contributed by atoms with van der Waals surface area (Å²) in [6.45, 7) is 7.56. The number of aliphatic hydroxyl groups is 1. The van der Waals surface area contributed by atoms with Crippen LogP contribution >= 0.6 is 7.82 Å². The van der Waals surface area contributed by atoms with Crippen LogP contribution in [0.2, 0.25) is 0 Å². The molecular weight excluding hydrogens is 499 g/mol. The largest absolute Gasteiger partial charge is 0.508 e. The molecule has 0 spiro atoms. The van der Waals surface area contributed by atoms with E-state index in [9.17, 15) is 28.9 Å². The molecule has 3 atom stereocenters. The van der Waals surface area contributed by atoms with Gasteiger partial charge >= 0.3 is 19.8 Å². The molecule has 13 nitrogen and oxygen atoms in total. The maximum atomic E-state index is 12.3. The third kappa shape index (κ3) is 10.9. The van der Waals surface area contributed by atoms with Crippen LogP contribution in [0.1, 0.15) is 41.0 Å². The molecule has 0 heterocycles. The summed E-state index contributed by atoms with van der Waals surface area (Å²) in [7, 11) is -4.80. The van der Waals surface area contributed by atoms with E-state index in [-0.39, 0.29) is 37.6 Å². The van der Waals surface area contributed by atoms with E-state index in [1.54, 1.807) is 39.0 Å². The summed E-state index contributed by atoms with van der Waals surface area (Å²) in [6.07, 6.45) is -1.70. The molecule has 0 bridgehead atoms. The van der Waals surface area contributed by atoms with E-state index in [4.69, 9.17) is 18.9 Å². The maximum absolute atomic E-state index is 12.3. The Labute approximate surface area is 209 Å². The van der Waals surface area contributed by atoms with Crippen LogP contribution in [0.5, 0.6) is 5.75 Å². The van der Waals surface area contributed by atoms with Gasteiger partial charge in [0.15, 0.2) is 5.75 Å². The lowest BCUT2D eigenvalue weighted by Gasteiger charge is -2.29. The Hall–Kier alpha value is -2.70. The molecule has 0 radical (unpaired) electrons. The predicted octanol–water partition coefficient (Wildman–Crippen LogP) is 1.93. The minimum absolute atomic E-state index is 0.00760. The van der Waals surface area contributed by atoms with E-state index in [2.05, 4.69) is 15.3 Å². The van der Waals surface area contributed by atoms with Crippen molar-refractivity contribution in [2.45, 2.75) is 53.2 Å². The Kier molecular flexibility index (Phi) is 12.8. The van der Waals surface area contributed by atoms with Gasteiger partial charge in [-0.2, -0.15) is 0 Å². The van der Waals surface area contributed by atoms with Crippen LogP contribution in [0.3, 0.4) is 0 Å². The van der Waals surface area contributed by atoms with Gasteiger partial charge in [0.05, 0.1) is 31.9 Å². The third-order valence-corrected chi connectivity index (χ3v) is 5.36. The normalized spacial score (nSPS) is 14.6. The van der Waals surface area contributed by atoms with Gasteiger partial charge in [-0.05, 0) is 32.9 Å². The number of hydrogen-bond acceptors (Lipinski definition) is 11. The fraction of sp³-hybridized carbons (Fsp3) is 0.591. The molecule has 1 amide bonds.